The van der Waals surface area contributed by atoms with Crippen LogP contribution in [0.15, 0.2) is 90.0 Å². The van der Waals surface area contributed by atoms with Gasteiger partial charge in [-0.2, -0.15) is 0 Å². The number of imidazole rings is 1. The molecule has 5 aromatic rings. The fourth-order valence-corrected chi connectivity index (χ4v) is 5.14. The molecule has 0 saturated carbocycles. The first-order chi connectivity index (χ1) is 17.6. The van der Waals surface area contributed by atoms with E-state index in [4.69, 9.17) is 0 Å². The van der Waals surface area contributed by atoms with Crippen LogP contribution in [-0.2, 0) is 6.54 Å². The maximum absolute atomic E-state index is 13.8. The molecule has 7 heteroatoms. The monoisotopic (exact) mass is 479 g/mol. The molecule has 1 aliphatic rings. The molecule has 0 unspecified atom stereocenters. The second-order valence-corrected chi connectivity index (χ2v) is 9.33. The fourth-order valence-electron chi connectivity index (χ4n) is 5.14. The van der Waals surface area contributed by atoms with Crippen molar-refractivity contribution in [2.24, 2.45) is 0 Å². The molecule has 0 amide bonds. The van der Waals surface area contributed by atoms with E-state index in [9.17, 15) is 9.18 Å². The van der Waals surface area contributed by atoms with Crippen molar-refractivity contribution >= 4 is 11.2 Å². The molecule has 1 aliphatic heterocycles. The minimum atomic E-state index is -0.261. The van der Waals surface area contributed by atoms with Crippen LogP contribution in [0.5, 0.6) is 0 Å². The van der Waals surface area contributed by atoms with Gasteiger partial charge >= 0.3 is 5.69 Å². The Labute approximate surface area is 208 Å². The number of hydrogen-bond acceptors (Lipinski definition) is 4. The first kappa shape index (κ1) is 22.4. The van der Waals surface area contributed by atoms with Gasteiger partial charge in [-0.3, -0.25) is 19.0 Å². The van der Waals surface area contributed by atoms with Gasteiger partial charge in [0, 0.05) is 32.0 Å². The summed E-state index contributed by atoms with van der Waals surface area (Å²) in [6, 6.07) is 22.1. The minimum absolute atomic E-state index is 0.0404. The van der Waals surface area contributed by atoms with Gasteiger partial charge in [0.05, 0.1) is 22.9 Å². The van der Waals surface area contributed by atoms with Crippen LogP contribution in [0.3, 0.4) is 0 Å². The number of benzene rings is 2. The second kappa shape index (κ2) is 9.17. The normalized spacial score (nSPS) is 16.1. The largest absolute Gasteiger partial charge is 0.335 e. The number of pyridine rings is 2. The average molecular weight is 480 g/mol. The highest BCUT2D eigenvalue weighted by atomic mass is 19.1. The van der Waals surface area contributed by atoms with Crippen LogP contribution in [0.25, 0.3) is 28.0 Å². The zero-order chi connectivity index (χ0) is 24.6. The maximum atomic E-state index is 13.8. The lowest BCUT2D eigenvalue weighted by molar-refractivity contribution is 0.311. The lowest BCUT2D eigenvalue weighted by atomic mass is 10.1. The van der Waals surface area contributed by atoms with E-state index in [1.165, 1.54) is 17.7 Å². The number of aromatic nitrogens is 4. The summed E-state index contributed by atoms with van der Waals surface area (Å²) < 4.78 is 16.9. The zero-order valence-corrected chi connectivity index (χ0v) is 20.0. The van der Waals surface area contributed by atoms with Gasteiger partial charge in [-0.15, -0.1) is 0 Å². The SMILES string of the molecule is Cc1cccnc1CN1CC[C@H](n2c(=O)n(-c3ccc(-c4ccc(F)cc4)cc3)c3cccnc32)C1. The van der Waals surface area contributed by atoms with Crippen molar-refractivity contribution in [3.05, 3.63) is 113 Å². The number of hydrogen-bond donors (Lipinski definition) is 0. The van der Waals surface area contributed by atoms with Crippen molar-refractivity contribution < 1.29 is 4.39 Å². The van der Waals surface area contributed by atoms with E-state index in [1.807, 2.05) is 53.2 Å². The Morgan fingerprint density at radius 1 is 0.917 bits per heavy atom. The first-order valence-corrected chi connectivity index (χ1v) is 12.2. The van der Waals surface area contributed by atoms with Crippen LogP contribution in [0, 0.1) is 12.7 Å². The molecule has 1 atom stereocenters. The van der Waals surface area contributed by atoms with Crippen LogP contribution >= 0.6 is 0 Å². The predicted octanol–water partition coefficient (Wildman–Crippen LogP) is 5.14. The Morgan fingerprint density at radius 3 is 2.36 bits per heavy atom. The third-order valence-electron chi connectivity index (χ3n) is 7.04. The standard InChI is InChI=1S/C29H26FN5O/c1-20-4-2-15-31-26(20)19-33-17-14-25(18-33)35-28-27(5-3-16-32-28)34(29(35)36)24-12-8-22(9-13-24)21-6-10-23(30)11-7-21/h2-13,15-16,25H,14,17-19H2,1H3/t25-/m0/s1. The van der Waals surface area contributed by atoms with E-state index in [0.29, 0.717) is 5.65 Å². The molecule has 0 bridgehead atoms. The van der Waals surface area contributed by atoms with Crippen molar-refractivity contribution in [1.82, 2.24) is 24.0 Å². The molecule has 36 heavy (non-hydrogen) atoms. The van der Waals surface area contributed by atoms with E-state index < -0.39 is 0 Å². The summed E-state index contributed by atoms with van der Waals surface area (Å²) in [6.07, 6.45) is 4.45. The Bertz CT molecular complexity index is 1590. The number of nitrogens with zero attached hydrogens (tertiary/aromatic N) is 5. The van der Waals surface area contributed by atoms with Gasteiger partial charge in [-0.1, -0.05) is 30.3 Å². The number of halogens is 1. The molecule has 180 valence electrons. The number of aryl methyl sites for hydroxylation is 1. The molecule has 2 aromatic carbocycles. The summed E-state index contributed by atoms with van der Waals surface area (Å²) in [5.41, 5.74) is 6.33. The summed E-state index contributed by atoms with van der Waals surface area (Å²) in [5.74, 6) is -0.261. The van der Waals surface area contributed by atoms with Gasteiger partial charge in [0.2, 0.25) is 0 Å². The van der Waals surface area contributed by atoms with Crippen LogP contribution in [-0.4, -0.2) is 37.1 Å². The average Bonchev–Trinajstić information content (AvgIpc) is 3.47. The lowest BCUT2D eigenvalue weighted by Gasteiger charge is -2.17. The van der Waals surface area contributed by atoms with Crippen molar-refractivity contribution in [2.45, 2.75) is 25.9 Å². The molecule has 0 radical (unpaired) electrons. The molecule has 0 aliphatic carbocycles. The van der Waals surface area contributed by atoms with Crippen LogP contribution < -0.4 is 5.69 Å². The lowest BCUT2D eigenvalue weighted by Crippen LogP contribution is -2.29. The molecule has 1 saturated heterocycles. The summed E-state index contributed by atoms with van der Waals surface area (Å²) in [5, 5.41) is 0. The van der Waals surface area contributed by atoms with Gasteiger partial charge in [0.25, 0.3) is 0 Å². The molecule has 4 heterocycles. The van der Waals surface area contributed by atoms with Gasteiger partial charge in [-0.05, 0) is 72.5 Å². The molecular formula is C29H26FN5O. The molecule has 1 fully saturated rings. The van der Waals surface area contributed by atoms with E-state index in [-0.39, 0.29) is 17.5 Å². The second-order valence-electron chi connectivity index (χ2n) is 9.33. The molecule has 0 spiro atoms. The highest BCUT2D eigenvalue weighted by Gasteiger charge is 2.29. The number of fused-ring (bicyclic) bond motifs is 1. The van der Waals surface area contributed by atoms with Crippen molar-refractivity contribution in [1.29, 1.82) is 0 Å². The first-order valence-electron chi connectivity index (χ1n) is 12.2. The van der Waals surface area contributed by atoms with Crippen LogP contribution in [0.1, 0.15) is 23.7 Å². The van der Waals surface area contributed by atoms with Crippen molar-refractivity contribution in [3.63, 3.8) is 0 Å². The third-order valence-corrected chi connectivity index (χ3v) is 7.04. The van der Waals surface area contributed by atoms with E-state index in [0.717, 1.165) is 54.1 Å². The smallest absolute Gasteiger partial charge is 0.295 e. The van der Waals surface area contributed by atoms with Gasteiger partial charge < -0.3 is 0 Å². The number of rotatable bonds is 5. The number of likely N-dealkylation sites (tertiary alicyclic amines) is 1. The molecule has 3 aromatic heterocycles. The van der Waals surface area contributed by atoms with E-state index in [1.54, 1.807) is 22.9 Å². The third kappa shape index (κ3) is 4.01. The summed E-state index contributed by atoms with van der Waals surface area (Å²) in [4.78, 5) is 25.3. The zero-order valence-electron chi connectivity index (χ0n) is 20.0. The Kier molecular flexibility index (Phi) is 5.70. The Hall–Kier alpha value is -4.10. The fraction of sp³-hybridized carbons (Fsp3) is 0.207. The molecular weight excluding hydrogens is 453 g/mol. The Morgan fingerprint density at radius 2 is 1.61 bits per heavy atom. The van der Waals surface area contributed by atoms with Crippen LogP contribution in [0.4, 0.5) is 4.39 Å². The highest BCUT2D eigenvalue weighted by molar-refractivity contribution is 5.75. The summed E-state index contributed by atoms with van der Waals surface area (Å²) >= 11 is 0. The van der Waals surface area contributed by atoms with Gasteiger partial charge in [0.15, 0.2) is 5.65 Å². The molecule has 6 nitrogen and oxygen atoms in total. The Balaban J connectivity index is 1.33. The van der Waals surface area contributed by atoms with Crippen LogP contribution in [0.2, 0.25) is 0 Å². The highest BCUT2D eigenvalue weighted by Crippen LogP contribution is 2.27. The molecule has 0 N–H and O–H groups in total. The predicted molar refractivity (Wildman–Crippen MR) is 139 cm³/mol. The summed E-state index contributed by atoms with van der Waals surface area (Å²) in [6.45, 7) is 4.53. The maximum Gasteiger partial charge on any atom is 0.335 e. The summed E-state index contributed by atoms with van der Waals surface area (Å²) in [7, 11) is 0. The topological polar surface area (TPSA) is 56.0 Å². The van der Waals surface area contributed by atoms with E-state index in [2.05, 4.69) is 27.9 Å². The van der Waals surface area contributed by atoms with Gasteiger partial charge in [0.1, 0.15) is 5.82 Å². The quantitative estimate of drug-likeness (QED) is 0.350. The van der Waals surface area contributed by atoms with Crippen molar-refractivity contribution in [2.75, 3.05) is 13.1 Å². The molecule has 6 rings (SSSR count). The van der Waals surface area contributed by atoms with Crippen molar-refractivity contribution in [3.8, 4) is 16.8 Å². The minimum Gasteiger partial charge on any atom is -0.295 e. The van der Waals surface area contributed by atoms with Gasteiger partial charge in [-0.25, -0.2) is 14.2 Å². The van der Waals surface area contributed by atoms with E-state index >= 15 is 0 Å².